The Morgan fingerprint density at radius 1 is 0.323 bits per heavy atom. The third kappa shape index (κ3) is 74.7. The minimum absolute atomic E-state index is 0.142. The molecule has 9 heteroatoms. The summed E-state index contributed by atoms with van der Waals surface area (Å²) < 4.78 is 22.8. The molecule has 0 spiro atoms. The molecular formula is C84H143NO8. The summed E-state index contributed by atoms with van der Waals surface area (Å²) in [6, 6.07) is 0. The second-order valence-electron chi connectivity index (χ2n) is 26.5. The SMILES string of the molecule is CC/C=C\C/C=C\C/C=C\C/C=C\C/C=C\C/C=C\CCCCCCCCCCC(=O)OC(COC(=O)CCCCCCCCCCCCCCCCCCCCCCCCCCC/C=C\C/C=C\C/C=C\C/C=C\C/C=C\CC)COC(OCC[N+](C)(C)C)C(=O)[O-]. The van der Waals surface area contributed by atoms with Crippen molar-refractivity contribution in [1.29, 1.82) is 0 Å². The maximum absolute atomic E-state index is 12.9. The van der Waals surface area contributed by atoms with Gasteiger partial charge >= 0.3 is 11.9 Å². The predicted molar refractivity (Wildman–Crippen MR) is 398 cm³/mol. The summed E-state index contributed by atoms with van der Waals surface area (Å²) in [5.41, 5.74) is 0. The van der Waals surface area contributed by atoms with Crippen LogP contribution in [0.25, 0.3) is 0 Å². The fourth-order valence-corrected chi connectivity index (χ4v) is 10.6. The molecule has 0 N–H and O–H groups in total. The Bertz CT molecular complexity index is 2000. The molecule has 2 unspecified atom stereocenters. The van der Waals surface area contributed by atoms with E-state index in [4.69, 9.17) is 18.9 Å². The second kappa shape index (κ2) is 73.2. The third-order valence-corrected chi connectivity index (χ3v) is 16.4. The number of unbranched alkanes of at least 4 members (excludes halogenated alkanes) is 33. The molecule has 9 nitrogen and oxygen atoms in total. The average molecular weight is 1300 g/mol. The number of carboxylic acid groups (broad SMARTS) is 1. The molecule has 0 rings (SSSR count). The summed E-state index contributed by atoms with van der Waals surface area (Å²) in [7, 11) is 5.93. The second-order valence-corrected chi connectivity index (χ2v) is 26.5. The van der Waals surface area contributed by atoms with Crippen LogP contribution in [0.2, 0.25) is 0 Å². The van der Waals surface area contributed by atoms with Gasteiger partial charge in [0.15, 0.2) is 12.4 Å². The van der Waals surface area contributed by atoms with Crippen LogP contribution in [0, 0.1) is 0 Å². The lowest BCUT2D eigenvalue weighted by Gasteiger charge is -2.26. The average Bonchev–Trinajstić information content (AvgIpc) is 3.38. The van der Waals surface area contributed by atoms with Crippen molar-refractivity contribution >= 4 is 17.9 Å². The van der Waals surface area contributed by atoms with Crippen LogP contribution in [0.5, 0.6) is 0 Å². The number of rotatable bonds is 70. The van der Waals surface area contributed by atoms with Gasteiger partial charge in [-0.2, -0.15) is 0 Å². The molecule has 0 radical (unpaired) electrons. The van der Waals surface area contributed by atoms with Crippen LogP contribution >= 0.6 is 0 Å². The summed E-state index contributed by atoms with van der Waals surface area (Å²) in [5, 5.41) is 11.8. The first-order valence-corrected chi connectivity index (χ1v) is 38.3. The van der Waals surface area contributed by atoms with Gasteiger partial charge in [-0.3, -0.25) is 9.59 Å². The van der Waals surface area contributed by atoms with E-state index in [2.05, 4.69) is 148 Å². The first-order valence-electron chi connectivity index (χ1n) is 38.3. The number of hydrogen-bond donors (Lipinski definition) is 0. The summed E-state index contributed by atoms with van der Waals surface area (Å²) in [4.78, 5) is 37.6. The maximum Gasteiger partial charge on any atom is 0.306 e. The summed E-state index contributed by atoms with van der Waals surface area (Å²) in [6.07, 6.45) is 103. The molecule has 0 heterocycles. The van der Waals surface area contributed by atoms with E-state index in [0.717, 1.165) is 116 Å². The zero-order valence-electron chi connectivity index (χ0n) is 60.8. The van der Waals surface area contributed by atoms with Crippen molar-refractivity contribution in [2.75, 3.05) is 47.5 Å². The summed E-state index contributed by atoms with van der Waals surface area (Å²) in [6.45, 7) is 4.53. The van der Waals surface area contributed by atoms with Crippen molar-refractivity contribution in [2.24, 2.45) is 0 Å². The molecule has 0 amide bonds. The molecule has 93 heavy (non-hydrogen) atoms. The number of aliphatic carboxylic acids is 1. The third-order valence-electron chi connectivity index (χ3n) is 16.4. The number of hydrogen-bond acceptors (Lipinski definition) is 8. The Morgan fingerprint density at radius 2 is 0.581 bits per heavy atom. The van der Waals surface area contributed by atoms with Crippen molar-refractivity contribution in [1.82, 2.24) is 0 Å². The number of likely N-dealkylation sites (N-methyl/N-ethyl adjacent to an activating group) is 1. The minimum Gasteiger partial charge on any atom is -0.545 e. The zero-order chi connectivity index (χ0) is 67.5. The standard InChI is InChI=1S/C84H143NO8/c1-6-8-10-12-14-16-18-20-22-24-26-28-30-32-34-35-36-37-38-39-40-41-42-43-44-45-46-47-49-50-52-54-56-58-60-62-64-66-68-70-72-74-81(86)91-78-80(79-92-84(83(88)89)90-77-76-85(3,4)5)93-82(87)75-73-71-69-67-65-63-61-59-57-55-53-51-48-33-31-29-27-25-23-21-19-17-15-13-11-9-7-2/h8-11,14-17,20-23,26-29,32-34,48,53,55,80,84H,6-7,12-13,18-19,24-25,30-31,35-47,49-52,54,56-79H2,1-5H3/b10-8-,11-9-,16-14-,17-15-,22-20-,23-21-,28-26-,29-27-,34-32-,48-33-,55-53-. The normalized spacial score (nSPS) is 13.4. The van der Waals surface area contributed by atoms with Crippen molar-refractivity contribution < 1.29 is 42.9 Å². The van der Waals surface area contributed by atoms with Gasteiger partial charge in [0.1, 0.15) is 13.2 Å². The highest BCUT2D eigenvalue weighted by Gasteiger charge is 2.22. The van der Waals surface area contributed by atoms with Crippen molar-refractivity contribution in [3.63, 3.8) is 0 Å². The molecule has 0 aliphatic rings. The van der Waals surface area contributed by atoms with Gasteiger partial charge < -0.3 is 33.3 Å². The predicted octanol–water partition coefficient (Wildman–Crippen LogP) is 23.1. The lowest BCUT2D eigenvalue weighted by Crippen LogP contribution is -2.44. The zero-order valence-corrected chi connectivity index (χ0v) is 60.8. The first-order chi connectivity index (χ1) is 45.6. The number of quaternary nitrogens is 1. The lowest BCUT2D eigenvalue weighted by molar-refractivity contribution is -0.870. The van der Waals surface area contributed by atoms with Crippen molar-refractivity contribution in [2.45, 2.75) is 334 Å². The number of nitrogens with zero attached hydrogens (tertiary/aromatic N) is 1. The first kappa shape index (κ1) is 88.4. The van der Waals surface area contributed by atoms with Crippen LogP contribution in [-0.2, 0) is 33.3 Å². The van der Waals surface area contributed by atoms with E-state index in [-0.39, 0.29) is 38.6 Å². The molecule has 0 aliphatic heterocycles. The molecule has 532 valence electrons. The van der Waals surface area contributed by atoms with Crippen LogP contribution in [0.15, 0.2) is 134 Å². The Balaban J connectivity index is 4.01. The number of esters is 2. The van der Waals surface area contributed by atoms with Crippen LogP contribution in [0.1, 0.15) is 322 Å². The van der Waals surface area contributed by atoms with Crippen LogP contribution in [-0.4, -0.2) is 82.3 Å². The lowest BCUT2D eigenvalue weighted by atomic mass is 10.0. The van der Waals surface area contributed by atoms with Gasteiger partial charge in [0.2, 0.25) is 0 Å². The summed E-state index contributed by atoms with van der Waals surface area (Å²) in [5.74, 6) is -2.29. The number of carboxylic acids is 1. The van der Waals surface area contributed by atoms with E-state index < -0.39 is 24.3 Å². The largest absolute Gasteiger partial charge is 0.545 e. The van der Waals surface area contributed by atoms with Gasteiger partial charge in [-0.25, -0.2) is 0 Å². The highest BCUT2D eigenvalue weighted by Crippen LogP contribution is 2.18. The molecule has 2 atom stereocenters. The molecule has 0 aromatic rings. The number of ether oxygens (including phenoxy) is 4. The Hall–Kier alpha value is -4.57. The quantitative estimate of drug-likeness (QED) is 0.0195. The number of carbonyl (C=O) groups excluding carboxylic acids is 3. The molecule has 0 saturated carbocycles. The molecule has 0 aliphatic carbocycles. The molecular weight excluding hydrogens is 1150 g/mol. The van der Waals surface area contributed by atoms with E-state index in [0.29, 0.717) is 17.4 Å². The van der Waals surface area contributed by atoms with Crippen molar-refractivity contribution in [3.8, 4) is 0 Å². The van der Waals surface area contributed by atoms with Gasteiger partial charge in [-0.15, -0.1) is 0 Å². The molecule has 0 saturated heterocycles. The van der Waals surface area contributed by atoms with E-state index in [9.17, 15) is 19.5 Å². The van der Waals surface area contributed by atoms with E-state index in [1.807, 2.05) is 21.1 Å². The maximum atomic E-state index is 12.9. The van der Waals surface area contributed by atoms with Crippen LogP contribution in [0.4, 0.5) is 0 Å². The van der Waals surface area contributed by atoms with E-state index >= 15 is 0 Å². The van der Waals surface area contributed by atoms with Gasteiger partial charge in [0.25, 0.3) is 0 Å². The highest BCUT2D eigenvalue weighted by molar-refractivity contribution is 5.70. The Kier molecular flexibility index (Phi) is 69.6. The monoisotopic (exact) mass is 1290 g/mol. The van der Waals surface area contributed by atoms with E-state index in [1.54, 1.807) is 0 Å². The molecule has 0 bridgehead atoms. The summed E-state index contributed by atoms with van der Waals surface area (Å²) >= 11 is 0. The van der Waals surface area contributed by atoms with Gasteiger partial charge in [0.05, 0.1) is 40.3 Å². The minimum atomic E-state index is -1.63. The smallest absolute Gasteiger partial charge is 0.306 e. The highest BCUT2D eigenvalue weighted by atomic mass is 16.7. The fraction of sp³-hybridized carbons (Fsp3) is 0.702. The fourth-order valence-electron chi connectivity index (χ4n) is 10.6. The van der Waals surface area contributed by atoms with Gasteiger partial charge in [-0.05, 0) is 109 Å². The molecule has 0 aromatic heterocycles. The van der Waals surface area contributed by atoms with E-state index in [1.165, 1.54) is 173 Å². The Labute approximate surface area is 573 Å². The van der Waals surface area contributed by atoms with Crippen LogP contribution < -0.4 is 5.11 Å². The van der Waals surface area contributed by atoms with Crippen LogP contribution in [0.3, 0.4) is 0 Å². The number of carbonyl (C=O) groups is 3. The Morgan fingerprint density at radius 3 is 0.860 bits per heavy atom. The van der Waals surface area contributed by atoms with Gasteiger partial charge in [0, 0.05) is 12.8 Å². The topological polar surface area (TPSA) is 111 Å². The molecule has 0 aromatic carbocycles. The van der Waals surface area contributed by atoms with Gasteiger partial charge in [-0.1, -0.05) is 334 Å². The number of allylic oxidation sites excluding steroid dienone is 22. The molecule has 0 fully saturated rings. The van der Waals surface area contributed by atoms with Crippen molar-refractivity contribution in [3.05, 3.63) is 134 Å².